The molecule has 1 aromatic heterocycles. The minimum absolute atomic E-state index is 0.280. The van der Waals surface area contributed by atoms with Crippen LogP contribution >= 0.6 is 11.8 Å². The van der Waals surface area contributed by atoms with Crippen molar-refractivity contribution >= 4 is 23.8 Å². The van der Waals surface area contributed by atoms with Crippen molar-refractivity contribution in [2.24, 2.45) is 0 Å². The Morgan fingerprint density at radius 1 is 1.23 bits per heavy atom. The summed E-state index contributed by atoms with van der Waals surface area (Å²) in [5, 5.41) is 0.585. The van der Waals surface area contributed by atoms with Crippen LogP contribution in [0.2, 0.25) is 0 Å². The molecular weight excluding hydrogens is 350 g/mol. The van der Waals surface area contributed by atoms with E-state index < -0.39 is 5.97 Å². The third-order valence-corrected chi connectivity index (χ3v) is 4.02. The van der Waals surface area contributed by atoms with E-state index in [2.05, 4.69) is 9.97 Å². The first kappa shape index (κ1) is 19.8. The molecule has 0 spiro atoms. The van der Waals surface area contributed by atoms with Crippen LogP contribution in [-0.4, -0.2) is 54.9 Å². The van der Waals surface area contributed by atoms with E-state index in [1.807, 2.05) is 55.7 Å². The van der Waals surface area contributed by atoms with Crippen LogP contribution in [0.25, 0.3) is 17.3 Å². The van der Waals surface area contributed by atoms with Gasteiger partial charge in [-0.25, -0.2) is 14.8 Å². The van der Waals surface area contributed by atoms with Gasteiger partial charge in [-0.05, 0) is 43.5 Å². The molecule has 0 radical (unpaired) electrons. The number of ether oxygens (including phenoxy) is 2. The van der Waals surface area contributed by atoms with E-state index in [0.29, 0.717) is 22.1 Å². The molecule has 0 saturated carbocycles. The third-order valence-electron chi connectivity index (χ3n) is 3.47. The molecule has 2 aromatic rings. The standard InChI is InChI=1S/C19H23N3O3S/c1-6-25-18(23)16-15(11-12-22(2)3)20-19(26-5)21-17(16)13-7-9-14(24-4)10-8-13/h7-12H,6H2,1-5H3. The van der Waals surface area contributed by atoms with Gasteiger partial charge < -0.3 is 14.4 Å². The minimum atomic E-state index is -0.440. The van der Waals surface area contributed by atoms with Crippen LogP contribution in [0.1, 0.15) is 23.0 Å². The lowest BCUT2D eigenvalue weighted by Crippen LogP contribution is -2.13. The first-order valence-corrected chi connectivity index (χ1v) is 9.34. The van der Waals surface area contributed by atoms with Crippen molar-refractivity contribution in [3.8, 4) is 17.0 Å². The van der Waals surface area contributed by atoms with Crippen LogP contribution in [0.5, 0.6) is 5.75 Å². The Labute approximate surface area is 158 Å². The molecule has 0 fully saturated rings. The first-order chi connectivity index (χ1) is 12.5. The van der Waals surface area contributed by atoms with Crippen molar-refractivity contribution < 1.29 is 14.3 Å². The molecule has 1 aromatic carbocycles. The molecule has 0 unspecified atom stereocenters. The van der Waals surface area contributed by atoms with Crippen molar-refractivity contribution in [2.45, 2.75) is 12.1 Å². The topological polar surface area (TPSA) is 64.5 Å². The van der Waals surface area contributed by atoms with E-state index in [0.717, 1.165) is 11.3 Å². The van der Waals surface area contributed by atoms with Gasteiger partial charge in [0, 0.05) is 25.9 Å². The predicted octanol–water partition coefficient (Wildman–Crippen LogP) is 3.58. The van der Waals surface area contributed by atoms with Crippen LogP contribution in [0.3, 0.4) is 0 Å². The zero-order chi connectivity index (χ0) is 19.1. The summed E-state index contributed by atoms with van der Waals surface area (Å²) in [5.74, 6) is 0.294. The quantitative estimate of drug-likeness (QED) is 0.417. The van der Waals surface area contributed by atoms with Gasteiger partial charge in [-0.3, -0.25) is 0 Å². The van der Waals surface area contributed by atoms with Gasteiger partial charge in [-0.15, -0.1) is 0 Å². The maximum atomic E-state index is 12.6. The molecule has 0 aliphatic rings. The maximum Gasteiger partial charge on any atom is 0.342 e. The second-order valence-electron chi connectivity index (χ2n) is 5.55. The molecule has 0 aliphatic carbocycles. The van der Waals surface area contributed by atoms with Gasteiger partial charge in [0.15, 0.2) is 5.16 Å². The normalized spacial score (nSPS) is 10.8. The van der Waals surface area contributed by atoms with Crippen LogP contribution in [0, 0.1) is 0 Å². The van der Waals surface area contributed by atoms with Crippen molar-refractivity contribution in [2.75, 3.05) is 34.1 Å². The number of esters is 1. The molecule has 0 amide bonds. The van der Waals surface area contributed by atoms with E-state index >= 15 is 0 Å². The lowest BCUT2D eigenvalue weighted by atomic mass is 10.0. The number of rotatable bonds is 7. The number of aromatic nitrogens is 2. The highest BCUT2D eigenvalue weighted by molar-refractivity contribution is 7.98. The zero-order valence-electron chi connectivity index (χ0n) is 15.6. The lowest BCUT2D eigenvalue weighted by molar-refractivity contribution is 0.0526. The number of thioether (sulfide) groups is 1. The third kappa shape index (κ3) is 4.76. The number of carbonyl (C=O) groups is 1. The molecule has 0 aliphatic heterocycles. The number of nitrogens with zero attached hydrogens (tertiary/aromatic N) is 3. The molecule has 138 valence electrons. The SMILES string of the molecule is CCOC(=O)c1c(C=CN(C)C)nc(SC)nc1-c1ccc(OC)cc1. The van der Waals surface area contributed by atoms with E-state index in [-0.39, 0.29) is 6.61 Å². The number of hydrogen-bond donors (Lipinski definition) is 0. The summed E-state index contributed by atoms with van der Waals surface area (Å²) in [7, 11) is 5.42. The number of benzene rings is 1. The molecule has 26 heavy (non-hydrogen) atoms. The minimum Gasteiger partial charge on any atom is -0.497 e. The van der Waals surface area contributed by atoms with E-state index in [1.165, 1.54) is 11.8 Å². The average Bonchev–Trinajstić information content (AvgIpc) is 2.65. The van der Waals surface area contributed by atoms with Gasteiger partial charge in [-0.2, -0.15) is 0 Å². The summed E-state index contributed by atoms with van der Waals surface area (Å²) in [4.78, 5) is 23.6. The Kier molecular flexibility index (Phi) is 7.03. The van der Waals surface area contributed by atoms with Gasteiger partial charge in [0.2, 0.25) is 0 Å². The summed E-state index contributed by atoms with van der Waals surface area (Å²) in [5.41, 5.74) is 2.23. The molecule has 7 heteroatoms. The van der Waals surface area contributed by atoms with Crippen molar-refractivity contribution in [1.29, 1.82) is 0 Å². The van der Waals surface area contributed by atoms with Gasteiger partial charge in [0.1, 0.15) is 11.3 Å². The average molecular weight is 373 g/mol. The highest BCUT2D eigenvalue weighted by Gasteiger charge is 2.22. The van der Waals surface area contributed by atoms with Crippen molar-refractivity contribution in [3.05, 3.63) is 41.7 Å². The van der Waals surface area contributed by atoms with Crippen LogP contribution in [-0.2, 0) is 4.74 Å². The molecule has 0 atom stereocenters. The van der Waals surface area contributed by atoms with Gasteiger partial charge >= 0.3 is 5.97 Å². The monoisotopic (exact) mass is 373 g/mol. The lowest BCUT2D eigenvalue weighted by Gasteiger charge is -2.13. The Hall–Kier alpha value is -2.54. The second-order valence-corrected chi connectivity index (χ2v) is 6.32. The van der Waals surface area contributed by atoms with E-state index in [1.54, 1.807) is 20.1 Å². The zero-order valence-corrected chi connectivity index (χ0v) is 16.5. The summed E-state index contributed by atoms with van der Waals surface area (Å²) in [6, 6.07) is 7.40. The molecule has 0 N–H and O–H groups in total. The Bertz CT molecular complexity index is 789. The van der Waals surface area contributed by atoms with Crippen LogP contribution in [0.15, 0.2) is 35.6 Å². The van der Waals surface area contributed by atoms with Gasteiger partial charge in [0.05, 0.1) is 25.1 Å². The largest absolute Gasteiger partial charge is 0.497 e. The van der Waals surface area contributed by atoms with E-state index in [4.69, 9.17) is 9.47 Å². The number of hydrogen-bond acceptors (Lipinski definition) is 7. The van der Waals surface area contributed by atoms with E-state index in [9.17, 15) is 4.79 Å². The first-order valence-electron chi connectivity index (χ1n) is 8.12. The molecule has 2 rings (SSSR count). The molecular formula is C19H23N3O3S. The highest BCUT2D eigenvalue weighted by Crippen LogP contribution is 2.29. The van der Waals surface area contributed by atoms with Crippen molar-refractivity contribution in [3.63, 3.8) is 0 Å². The van der Waals surface area contributed by atoms with Gasteiger partial charge in [0.25, 0.3) is 0 Å². The fourth-order valence-electron chi connectivity index (χ4n) is 2.25. The Balaban J connectivity index is 2.69. The number of carbonyl (C=O) groups excluding carboxylic acids is 1. The molecule has 0 saturated heterocycles. The molecule has 1 heterocycles. The maximum absolute atomic E-state index is 12.6. The Morgan fingerprint density at radius 3 is 2.46 bits per heavy atom. The number of methoxy groups -OCH3 is 1. The van der Waals surface area contributed by atoms with Gasteiger partial charge in [-0.1, -0.05) is 11.8 Å². The second kappa shape index (κ2) is 9.24. The summed E-state index contributed by atoms with van der Waals surface area (Å²) in [6.07, 6.45) is 5.53. The summed E-state index contributed by atoms with van der Waals surface area (Å²) >= 11 is 1.42. The predicted molar refractivity (Wildman–Crippen MR) is 104 cm³/mol. The smallest absolute Gasteiger partial charge is 0.342 e. The fraction of sp³-hybridized carbons (Fsp3) is 0.316. The van der Waals surface area contributed by atoms with Crippen molar-refractivity contribution in [1.82, 2.24) is 14.9 Å². The summed E-state index contributed by atoms with van der Waals surface area (Å²) < 4.78 is 10.5. The van der Waals surface area contributed by atoms with Crippen LogP contribution < -0.4 is 4.74 Å². The Morgan fingerprint density at radius 2 is 1.92 bits per heavy atom. The fourth-order valence-corrected chi connectivity index (χ4v) is 2.62. The summed E-state index contributed by atoms with van der Waals surface area (Å²) in [6.45, 7) is 2.05. The molecule has 6 nitrogen and oxygen atoms in total. The molecule has 0 bridgehead atoms. The van der Waals surface area contributed by atoms with Crippen LogP contribution in [0.4, 0.5) is 0 Å². The highest BCUT2D eigenvalue weighted by atomic mass is 32.2.